The van der Waals surface area contributed by atoms with E-state index in [2.05, 4.69) is 9.97 Å². The Morgan fingerprint density at radius 1 is 1.32 bits per heavy atom. The molecule has 0 aliphatic rings. The molecule has 2 aromatic rings. The monoisotopic (exact) mass is 275 g/mol. The van der Waals surface area contributed by atoms with E-state index in [0.29, 0.717) is 0 Å². The molecule has 0 aliphatic carbocycles. The van der Waals surface area contributed by atoms with E-state index in [0.717, 1.165) is 27.8 Å². The average Bonchev–Trinajstić information content (AvgIpc) is 2.41. The van der Waals surface area contributed by atoms with Gasteiger partial charge in [-0.05, 0) is 48.9 Å². The molecule has 1 atom stereocenters. The largest absolute Gasteiger partial charge is 0.497 e. The van der Waals surface area contributed by atoms with Crippen molar-refractivity contribution in [2.24, 2.45) is 5.73 Å². The van der Waals surface area contributed by atoms with Crippen LogP contribution < -0.4 is 10.5 Å². The fourth-order valence-electron chi connectivity index (χ4n) is 1.64. The van der Waals surface area contributed by atoms with Gasteiger partial charge in [0.2, 0.25) is 0 Å². The van der Waals surface area contributed by atoms with Gasteiger partial charge in [-0.2, -0.15) is 0 Å². The number of hydrogen-bond acceptors (Lipinski definition) is 5. The normalized spacial score (nSPS) is 12.2. The maximum Gasteiger partial charge on any atom is 0.192 e. The van der Waals surface area contributed by atoms with E-state index < -0.39 is 0 Å². The maximum absolute atomic E-state index is 5.74. The Balaban J connectivity index is 2.06. The van der Waals surface area contributed by atoms with Crippen LogP contribution in [0.25, 0.3) is 0 Å². The van der Waals surface area contributed by atoms with E-state index in [9.17, 15) is 0 Å². The van der Waals surface area contributed by atoms with Crippen LogP contribution in [-0.2, 0) is 6.42 Å². The van der Waals surface area contributed by atoms with Crippen molar-refractivity contribution in [1.29, 1.82) is 0 Å². The molecule has 1 unspecified atom stereocenters. The third-order valence-electron chi connectivity index (χ3n) is 2.49. The van der Waals surface area contributed by atoms with Crippen molar-refractivity contribution >= 4 is 11.8 Å². The number of hydrogen-bond donors (Lipinski definition) is 1. The summed E-state index contributed by atoms with van der Waals surface area (Å²) in [6, 6.07) is 7.96. The van der Waals surface area contributed by atoms with Crippen LogP contribution in [0.3, 0.4) is 0 Å². The number of aromatic nitrogens is 2. The maximum atomic E-state index is 5.74. The van der Waals surface area contributed by atoms with E-state index in [1.165, 1.54) is 11.8 Å². The lowest BCUT2D eigenvalue weighted by Crippen LogP contribution is -2.17. The highest BCUT2D eigenvalue weighted by molar-refractivity contribution is 7.99. The van der Waals surface area contributed by atoms with Crippen LogP contribution in [0, 0.1) is 0 Å². The molecule has 0 fully saturated rings. The fraction of sp³-hybridized carbons (Fsp3) is 0.286. The summed E-state index contributed by atoms with van der Waals surface area (Å²) >= 11 is 1.51. The Morgan fingerprint density at radius 2 is 2.05 bits per heavy atom. The molecule has 5 heteroatoms. The molecule has 0 saturated heterocycles. The summed E-state index contributed by atoms with van der Waals surface area (Å²) in [5, 5.41) is 0.724. The predicted octanol–water partition coefficient (Wildman–Crippen LogP) is 2.53. The van der Waals surface area contributed by atoms with Crippen LogP contribution in [-0.4, -0.2) is 23.1 Å². The number of ether oxygens (including phenoxy) is 1. The zero-order valence-corrected chi connectivity index (χ0v) is 11.9. The molecule has 0 saturated carbocycles. The molecular formula is C14H17N3OS. The van der Waals surface area contributed by atoms with Gasteiger partial charge in [0.05, 0.1) is 7.11 Å². The summed E-state index contributed by atoms with van der Waals surface area (Å²) in [6.07, 6.45) is 4.46. The standard InChI is InChI=1S/C14H17N3OS/c1-10(15)6-11-8-16-14(17-9-11)19-13-5-3-4-12(7-13)18-2/h3-5,7-10H,6,15H2,1-2H3. The predicted molar refractivity (Wildman–Crippen MR) is 76.5 cm³/mol. The number of nitrogens with two attached hydrogens (primary N) is 1. The molecule has 0 spiro atoms. The highest BCUT2D eigenvalue weighted by Gasteiger charge is 2.03. The number of rotatable bonds is 5. The Hall–Kier alpha value is -1.59. The molecule has 2 N–H and O–H groups in total. The van der Waals surface area contributed by atoms with Crippen LogP contribution in [0.5, 0.6) is 5.75 Å². The van der Waals surface area contributed by atoms with E-state index >= 15 is 0 Å². The minimum absolute atomic E-state index is 0.125. The molecule has 1 aromatic carbocycles. The van der Waals surface area contributed by atoms with Crippen molar-refractivity contribution in [3.8, 4) is 5.75 Å². The lowest BCUT2D eigenvalue weighted by atomic mass is 10.1. The second-order valence-electron chi connectivity index (χ2n) is 4.34. The quantitative estimate of drug-likeness (QED) is 0.850. The number of methoxy groups -OCH3 is 1. The first-order chi connectivity index (χ1) is 9.17. The molecule has 0 bridgehead atoms. The third-order valence-corrected chi connectivity index (χ3v) is 3.37. The third kappa shape index (κ3) is 4.22. The van der Waals surface area contributed by atoms with Gasteiger partial charge < -0.3 is 10.5 Å². The molecular weight excluding hydrogens is 258 g/mol. The molecule has 0 aliphatic heterocycles. The number of benzene rings is 1. The molecule has 19 heavy (non-hydrogen) atoms. The molecule has 2 rings (SSSR count). The lowest BCUT2D eigenvalue weighted by molar-refractivity contribution is 0.413. The Bertz CT molecular complexity index is 528. The van der Waals surface area contributed by atoms with Gasteiger partial charge in [-0.15, -0.1) is 0 Å². The minimum Gasteiger partial charge on any atom is -0.497 e. The molecule has 1 aromatic heterocycles. The van der Waals surface area contributed by atoms with Gasteiger partial charge in [0.1, 0.15) is 5.75 Å². The van der Waals surface area contributed by atoms with Crippen molar-refractivity contribution in [3.05, 3.63) is 42.2 Å². The van der Waals surface area contributed by atoms with Gasteiger partial charge in [-0.25, -0.2) is 9.97 Å². The second kappa shape index (κ2) is 6.54. The van der Waals surface area contributed by atoms with E-state index in [-0.39, 0.29) is 6.04 Å². The zero-order chi connectivity index (χ0) is 13.7. The highest BCUT2D eigenvalue weighted by atomic mass is 32.2. The van der Waals surface area contributed by atoms with Gasteiger partial charge in [-0.3, -0.25) is 0 Å². The van der Waals surface area contributed by atoms with Crippen molar-refractivity contribution in [3.63, 3.8) is 0 Å². The van der Waals surface area contributed by atoms with Crippen LogP contribution >= 0.6 is 11.8 Å². The molecule has 4 nitrogen and oxygen atoms in total. The smallest absolute Gasteiger partial charge is 0.192 e. The van der Waals surface area contributed by atoms with E-state index in [1.807, 2.05) is 43.6 Å². The van der Waals surface area contributed by atoms with Crippen LogP contribution in [0.2, 0.25) is 0 Å². The van der Waals surface area contributed by atoms with E-state index in [1.54, 1.807) is 7.11 Å². The summed E-state index contributed by atoms with van der Waals surface area (Å²) in [5.74, 6) is 0.832. The first kappa shape index (κ1) is 13.8. The average molecular weight is 275 g/mol. The Labute approximate surface area is 117 Å². The topological polar surface area (TPSA) is 61.0 Å². The van der Waals surface area contributed by atoms with Crippen molar-refractivity contribution < 1.29 is 4.74 Å². The van der Waals surface area contributed by atoms with Gasteiger partial charge >= 0.3 is 0 Å². The summed E-state index contributed by atoms with van der Waals surface area (Å²) in [6.45, 7) is 1.97. The minimum atomic E-state index is 0.125. The molecule has 0 amide bonds. The second-order valence-corrected chi connectivity index (χ2v) is 5.38. The van der Waals surface area contributed by atoms with Crippen molar-refractivity contribution in [1.82, 2.24) is 9.97 Å². The Morgan fingerprint density at radius 3 is 2.68 bits per heavy atom. The molecule has 0 radical (unpaired) electrons. The number of nitrogens with zero attached hydrogens (tertiary/aromatic N) is 2. The summed E-state index contributed by atoms with van der Waals surface area (Å²) in [5.41, 5.74) is 6.80. The SMILES string of the molecule is COc1cccc(Sc2ncc(CC(C)N)cn2)c1. The first-order valence-electron chi connectivity index (χ1n) is 6.06. The van der Waals surface area contributed by atoms with Gasteiger partial charge in [0, 0.05) is 23.3 Å². The van der Waals surface area contributed by atoms with Gasteiger partial charge in [-0.1, -0.05) is 6.07 Å². The highest BCUT2D eigenvalue weighted by Crippen LogP contribution is 2.27. The first-order valence-corrected chi connectivity index (χ1v) is 6.87. The van der Waals surface area contributed by atoms with Crippen molar-refractivity contribution in [2.75, 3.05) is 7.11 Å². The fourth-order valence-corrected chi connectivity index (χ4v) is 2.39. The lowest BCUT2D eigenvalue weighted by Gasteiger charge is -2.06. The van der Waals surface area contributed by atoms with Crippen LogP contribution in [0.4, 0.5) is 0 Å². The van der Waals surface area contributed by atoms with E-state index in [4.69, 9.17) is 10.5 Å². The molecule has 1 heterocycles. The van der Waals surface area contributed by atoms with Crippen LogP contribution in [0.15, 0.2) is 46.7 Å². The Kier molecular flexibility index (Phi) is 4.76. The van der Waals surface area contributed by atoms with Crippen LogP contribution in [0.1, 0.15) is 12.5 Å². The zero-order valence-electron chi connectivity index (χ0n) is 11.0. The molecule has 100 valence electrons. The summed E-state index contributed by atoms with van der Waals surface area (Å²) < 4.78 is 5.19. The summed E-state index contributed by atoms with van der Waals surface area (Å²) in [4.78, 5) is 9.73. The van der Waals surface area contributed by atoms with Gasteiger partial charge in [0.25, 0.3) is 0 Å². The van der Waals surface area contributed by atoms with Gasteiger partial charge in [0.15, 0.2) is 5.16 Å². The van der Waals surface area contributed by atoms with Crippen molar-refractivity contribution in [2.45, 2.75) is 29.4 Å². The summed E-state index contributed by atoms with van der Waals surface area (Å²) in [7, 11) is 1.66.